The molecule has 2 unspecified atom stereocenters. The van der Waals surface area contributed by atoms with E-state index in [9.17, 15) is 0 Å². The molecule has 1 rings (SSSR count). The molecule has 1 aliphatic heterocycles. The number of nitrogens with zero attached hydrogens (tertiary/aromatic N) is 1. The molecule has 0 aromatic heterocycles. The van der Waals surface area contributed by atoms with E-state index in [4.69, 9.17) is 0 Å². The Morgan fingerprint density at radius 1 is 1.06 bits per heavy atom. The maximum absolute atomic E-state index is 2.74. The number of hydrogen-bond acceptors (Lipinski definition) is 1. The van der Waals surface area contributed by atoms with Crippen molar-refractivity contribution in [1.29, 1.82) is 0 Å². The maximum Gasteiger partial charge on any atom is 0.0154 e. The van der Waals surface area contributed by atoms with Crippen LogP contribution in [0.3, 0.4) is 0 Å². The molecule has 0 aromatic carbocycles. The van der Waals surface area contributed by atoms with E-state index in [1.165, 1.54) is 19.4 Å². The molecule has 0 aromatic rings. The molecule has 0 N–H and O–H groups in total. The summed E-state index contributed by atoms with van der Waals surface area (Å²) in [6, 6.07) is 1.46. The molecule has 1 heteroatoms. The van der Waals surface area contributed by atoms with E-state index in [0.717, 1.165) is 17.9 Å². The molecule has 16 heavy (non-hydrogen) atoms. The topological polar surface area (TPSA) is 3.24 Å². The van der Waals surface area contributed by atoms with Crippen LogP contribution in [-0.4, -0.2) is 23.5 Å². The van der Waals surface area contributed by atoms with Crippen molar-refractivity contribution < 1.29 is 0 Å². The lowest BCUT2D eigenvalue weighted by Crippen LogP contribution is -2.54. The largest absolute Gasteiger partial charge is 0.297 e. The third kappa shape index (κ3) is 3.00. The first-order chi connectivity index (χ1) is 7.25. The molecule has 2 atom stereocenters. The van der Waals surface area contributed by atoms with Gasteiger partial charge in [-0.3, -0.25) is 4.90 Å². The fourth-order valence-corrected chi connectivity index (χ4v) is 3.44. The average Bonchev–Trinajstić information content (AvgIpc) is 2.14. The van der Waals surface area contributed by atoms with Gasteiger partial charge in [-0.1, -0.05) is 34.6 Å². The van der Waals surface area contributed by atoms with Crippen molar-refractivity contribution >= 4 is 0 Å². The van der Waals surface area contributed by atoms with Crippen LogP contribution in [0.2, 0.25) is 0 Å². The van der Waals surface area contributed by atoms with E-state index < -0.39 is 0 Å². The van der Waals surface area contributed by atoms with Crippen LogP contribution < -0.4 is 0 Å². The van der Waals surface area contributed by atoms with E-state index in [2.05, 4.69) is 53.4 Å². The average molecular weight is 225 g/mol. The highest BCUT2D eigenvalue weighted by atomic mass is 15.2. The molecule has 1 fully saturated rings. The molecule has 1 saturated heterocycles. The van der Waals surface area contributed by atoms with Crippen molar-refractivity contribution in [1.82, 2.24) is 4.90 Å². The van der Waals surface area contributed by atoms with Crippen LogP contribution in [0.15, 0.2) is 0 Å². The monoisotopic (exact) mass is 225 g/mol. The van der Waals surface area contributed by atoms with Crippen molar-refractivity contribution in [2.75, 3.05) is 6.54 Å². The van der Waals surface area contributed by atoms with Gasteiger partial charge >= 0.3 is 0 Å². The molecule has 0 aliphatic carbocycles. The SMILES string of the molecule is CC(C)C1C(C(C)(C)C)CCCN1C(C)C. The Kier molecular flexibility index (Phi) is 4.45. The van der Waals surface area contributed by atoms with E-state index in [1.807, 2.05) is 0 Å². The van der Waals surface area contributed by atoms with Crippen LogP contribution >= 0.6 is 0 Å². The van der Waals surface area contributed by atoms with Crippen molar-refractivity contribution in [2.45, 2.75) is 73.4 Å². The molecule has 96 valence electrons. The molecule has 1 nitrogen and oxygen atoms in total. The molecule has 1 heterocycles. The first-order valence-electron chi connectivity index (χ1n) is 7.01. The Labute approximate surface area is 103 Å². The summed E-state index contributed by atoms with van der Waals surface area (Å²) < 4.78 is 0. The van der Waals surface area contributed by atoms with Gasteiger partial charge in [-0.25, -0.2) is 0 Å². The lowest BCUT2D eigenvalue weighted by molar-refractivity contribution is -0.0116. The summed E-state index contributed by atoms with van der Waals surface area (Å²) in [4.78, 5) is 2.74. The molecular weight excluding hydrogens is 194 g/mol. The van der Waals surface area contributed by atoms with Gasteiger partial charge in [0.15, 0.2) is 0 Å². The van der Waals surface area contributed by atoms with Gasteiger partial charge in [0.1, 0.15) is 0 Å². The Balaban J connectivity index is 2.91. The molecule has 0 bridgehead atoms. The van der Waals surface area contributed by atoms with Gasteiger partial charge in [0.05, 0.1) is 0 Å². The summed E-state index contributed by atoms with van der Waals surface area (Å²) in [5.74, 6) is 1.62. The predicted molar refractivity (Wildman–Crippen MR) is 72.6 cm³/mol. The lowest BCUT2D eigenvalue weighted by Gasteiger charge is -2.50. The molecule has 0 radical (unpaired) electrons. The van der Waals surface area contributed by atoms with Crippen LogP contribution in [0.25, 0.3) is 0 Å². The van der Waals surface area contributed by atoms with Gasteiger partial charge in [0, 0.05) is 12.1 Å². The lowest BCUT2D eigenvalue weighted by atomic mass is 9.68. The first kappa shape index (κ1) is 14.0. The Bertz CT molecular complexity index is 212. The highest BCUT2D eigenvalue weighted by molar-refractivity contribution is 4.93. The molecule has 0 spiro atoms. The van der Waals surface area contributed by atoms with Crippen molar-refractivity contribution in [3.63, 3.8) is 0 Å². The maximum atomic E-state index is 2.74. The van der Waals surface area contributed by atoms with Crippen LogP contribution in [0.1, 0.15) is 61.3 Å². The molecule has 1 aliphatic rings. The Hall–Kier alpha value is -0.0400. The second-order valence-electron chi connectivity index (χ2n) is 7.18. The standard InChI is InChI=1S/C15H31N/c1-11(2)14-13(15(5,6)7)9-8-10-16(14)12(3)4/h11-14H,8-10H2,1-7H3. The quantitative estimate of drug-likeness (QED) is 0.681. The van der Waals surface area contributed by atoms with E-state index >= 15 is 0 Å². The Morgan fingerprint density at radius 2 is 1.62 bits per heavy atom. The number of rotatable bonds is 2. The molecule has 0 saturated carbocycles. The highest BCUT2D eigenvalue weighted by Crippen LogP contribution is 2.41. The minimum atomic E-state index is 0.447. The second kappa shape index (κ2) is 5.08. The number of likely N-dealkylation sites (tertiary alicyclic amines) is 1. The number of piperidine rings is 1. The van der Waals surface area contributed by atoms with Gasteiger partial charge in [-0.05, 0) is 50.5 Å². The second-order valence-corrected chi connectivity index (χ2v) is 7.18. The van der Waals surface area contributed by atoms with E-state index in [-0.39, 0.29) is 0 Å². The van der Waals surface area contributed by atoms with Gasteiger partial charge < -0.3 is 0 Å². The number of hydrogen-bond donors (Lipinski definition) is 0. The highest BCUT2D eigenvalue weighted by Gasteiger charge is 2.40. The predicted octanol–water partition coefficient (Wildman–Crippen LogP) is 4.18. The van der Waals surface area contributed by atoms with E-state index in [1.54, 1.807) is 0 Å². The fourth-order valence-electron chi connectivity index (χ4n) is 3.44. The smallest absolute Gasteiger partial charge is 0.0154 e. The first-order valence-corrected chi connectivity index (χ1v) is 7.01. The normalized spacial score (nSPS) is 29.1. The summed E-state index contributed by atoms with van der Waals surface area (Å²) in [5, 5.41) is 0. The minimum absolute atomic E-state index is 0.447. The summed E-state index contributed by atoms with van der Waals surface area (Å²) >= 11 is 0. The van der Waals surface area contributed by atoms with Gasteiger partial charge in [0.2, 0.25) is 0 Å². The van der Waals surface area contributed by atoms with Crippen molar-refractivity contribution in [3.05, 3.63) is 0 Å². The fraction of sp³-hybridized carbons (Fsp3) is 1.00. The summed E-state index contributed by atoms with van der Waals surface area (Å²) in [6.45, 7) is 18.0. The summed E-state index contributed by atoms with van der Waals surface area (Å²) in [5.41, 5.74) is 0.447. The zero-order chi connectivity index (χ0) is 12.5. The molecular formula is C15H31N. The van der Waals surface area contributed by atoms with Crippen LogP contribution in [-0.2, 0) is 0 Å². The Morgan fingerprint density at radius 3 is 2.00 bits per heavy atom. The van der Waals surface area contributed by atoms with Gasteiger partial charge in [0.25, 0.3) is 0 Å². The zero-order valence-electron chi connectivity index (χ0n) is 12.4. The molecule has 0 amide bonds. The van der Waals surface area contributed by atoms with Crippen molar-refractivity contribution in [3.8, 4) is 0 Å². The van der Waals surface area contributed by atoms with Gasteiger partial charge in [-0.15, -0.1) is 0 Å². The summed E-state index contributed by atoms with van der Waals surface area (Å²) in [6.07, 6.45) is 2.79. The van der Waals surface area contributed by atoms with Gasteiger partial charge in [-0.2, -0.15) is 0 Å². The van der Waals surface area contributed by atoms with E-state index in [0.29, 0.717) is 11.5 Å². The third-order valence-corrected chi connectivity index (χ3v) is 4.19. The summed E-state index contributed by atoms with van der Waals surface area (Å²) in [7, 11) is 0. The third-order valence-electron chi connectivity index (χ3n) is 4.19. The minimum Gasteiger partial charge on any atom is -0.297 e. The van der Waals surface area contributed by atoms with Crippen LogP contribution in [0, 0.1) is 17.3 Å². The van der Waals surface area contributed by atoms with Crippen LogP contribution in [0.5, 0.6) is 0 Å². The van der Waals surface area contributed by atoms with Crippen molar-refractivity contribution in [2.24, 2.45) is 17.3 Å². The zero-order valence-corrected chi connectivity index (χ0v) is 12.4. The van der Waals surface area contributed by atoms with Crippen LogP contribution in [0.4, 0.5) is 0 Å².